The standard InChI is InChI=1S/C17H34N4O2S/c1-5-17(6-2)9-12-20(14-17)16(18-3)19-13-15-7-10-21(11-8-15)24(4,22)23/h15H,5-14H2,1-4H3,(H,18,19). The molecule has 0 saturated carbocycles. The first kappa shape index (κ1) is 19.5. The topological polar surface area (TPSA) is 65.0 Å². The first-order valence-corrected chi connectivity index (χ1v) is 11.1. The van der Waals surface area contributed by atoms with Gasteiger partial charge in [-0.05, 0) is 43.4 Å². The molecule has 0 aromatic heterocycles. The second-order valence-electron chi connectivity index (χ2n) is 7.41. The highest BCUT2D eigenvalue weighted by Crippen LogP contribution is 2.36. The zero-order chi connectivity index (χ0) is 17.8. The molecule has 1 N–H and O–H groups in total. The monoisotopic (exact) mass is 358 g/mol. The van der Waals surface area contributed by atoms with Gasteiger partial charge in [-0.3, -0.25) is 4.99 Å². The average Bonchev–Trinajstić information content (AvgIpc) is 3.00. The summed E-state index contributed by atoms with van der Waals surface area (Å²) in [5.74, 6) is 1.52. The lowest BCUT2D eigenvalue weighted by Gasteiger charge is -2.32. The second-order valence-corrected chi connectivity index (χ2v) is 9.39. The minimum absolute atomic E-state index is 0.443. The quantitative estimate of drug-likeness (QED) is 0.601. The van der Waals surface area contributed by atoms with Gasteiger partial charge in [0.25, 0.3) is 0 Å². The molecule has 0 aromatic carbocycles. The molecular formula is C17H34N4O2S. The molecule has 2 heterocycles. The molecule has 140 valence electrons. The van der Waals surface area contributed by atoms with Gasteiger partial charge < -0.3 is 10.2 Å². The maximum atomic E-state index is 11.6. The minimum Gasteiger partial charge on any atom is -0.356 e. The van der Waals surface area contributed by atoms with E-state index in [4.69, 9.17) is 0 Å². The van der Waals surface area contributed by atoms with Crippen LogP contribution in [0.25, 0.3) is 0 Å². The molecule has 2 rings (SSSR count). The average molecular weight is 359 g/mol. The normalized spacial score (nSPS) is 23.7. The number of guanidine groups is 1. The van der Waals surface area contributed by atoms with E-state index in [2.05, 4.69) is 29.1 Å². The van der Waals surface area contributed by atoms with Crippen molar-refractivity contribution in [2.75, 3.05) is 46.0 Å². The molecule has 24 heavy (non-hydrogen) atoms. The van der Waals surface area contributed by atoms with E-state index in [0.29, 0.717) is 24.4 Å². The summed E-state index contributed by atoms with van der Waals surface area (Å²) in [5.41, 5.74) is 0.443. The van der Waals surface area contributed by atoms with Crippen LogP contribution in [0.4, 0.5) is 0 Å². The summed E-state index contributed by atoms with van der Waals surface area (Å²) in [5, 5.41) is 3.53. The van der Waals surface area contributed by atoms with Gasteiger partial charge in [0, 0.05) is 39.8 Å². The molecule has 6 nitrogen and oxygen atoms in total. The number of likely N-dealkylation sites (tertiary alicyclic amines) is 1. The van der Waals surface area contributed by atoms with Crippen LogP contribution in [-0.2, 0) is 10.0 Å². The van der Waals surface area contributed by atoms with E-state index in [-0.39, 0.29) is 0 Å². The Hall–Kier alpha value is -0.820. The summed E-state index contributed by atoms with van der Waals surface area (Å²) in [6.07, 6.45) is 6.83. The van der Waals surface area contributed by atoms with E-state index in [1.165, 1.54) is 25.5 Å². The van der Waals surface area contributed by atoms with E-state index in [9.17, 15) is 8.42 Å². The van der Waals surface area contributed by atoms with Crippen LogP contribution in [0.5, 0.6) is 0 Å². The molecule has 7 heteroatoms. The van der Waals surface area contributed by atoms with Gasteiger partial charge in [-0.25, -0.2) is 12.7 Å². The third-order valence-electron chi connectivity index (χ3n) is 6.04. The molecule has 0 bridgehead atoms. The molecule has 0 spiro atoms. The number of piperidine rings is 1. The Morgan fingerprint density at radius 1 is 1.21 bits per heavy atom. The lowest BCUT2D eigenvalue weighted by molar-refractivity contribution is 0.266. The summed E-state index contributed by atoms with van der Waals surface area (Å²) in [4.78, 5) is 6.86. The molecule has 0 radical (unpaired) electrons. The number of nitrogens with one attached hydrogen (secondary N) is 1. The lowest BCUT2D eigenvalue weighted by atomic mass is 9.82. The molecule has 2 saturated heterocycles. The first-order chi connectivity index (χ1) is 11.3. The summed E-state index contributed by atoms with van der Waals surface area (Å²) in [6.45, 7) is 8.91. The Balaban J connectivity index is 1.81. The Morgan fingerprint density at radius 2 is 1.83 bits per heavy atom. The van der Waals surface area contributed by atoms with Crippen molar-refractivity contribution in [1.29, 1.82) is 0 Å². The van der Waals surface area contributed by atoms with Crippen molar-refractivity contribution in [1.82, 2.24) is 14.5 Å². The number of rotatable bonds is 5. The highest BCUT2D eigenvalue weighted by molar-refractivity contribution is 7.88. The fourth-order valence-corrected chi connectivity index (χ4v) is 4.83. The third-order valence-corrected chi connectivity index (χ3v) is 7.34. The lowest BCUT2D eigenvalue weighted by Crippen LogP contribution is -2.45. The third kappa shape index (κ3) is 4.63. The molecular weight excluding hydrogens is 324 g/mol. The van der Waals surface area contributed by atoms with Gasteiger partial charge in [0.05, 0.1) is 6.26 Å². The summed E-state index contributed by atoms with van der Waals surface area (Å²) in [6, 6.07) is 0. The zero-order valence-electron chi connectivity index (χ0n) is 15.7. The van der Waals surface area contributed by atoms with Gasteiger partial charge in [0.1, 0.15) is 0 Å². The Kier molecular flexibility index (Phi) is 6.53. The van der Waals surface area contributed by atoms with Crippen LogP contribution in [-0.4, -0.2) is 69.6 Å². The maximum absolute atomic E-state index is 11.6. The Morgan fingerprint density at radius 3 is 2.29 bits per heavy atom. The first-order valence-electron chi connectivity index (χ1n) is 9.24. The van der Waals surface area contributed by atoms with Crippen LogP contribution in [0.1, 0.15) is 46.0 Å². The predicted octanol–water partition coefficient (Wildman–Crippen LogP) is 1.75. The molecule has 2 fully saturated rings. The molecule has 0 aromatic rings. The van der Waals surface area contributed by atoms with E-state index < -0.39 is 10.0 Å². The van der Waals surface area contributed by atoms with Crippen LogP contribution in [0.3, 0.4) is 0 Å². The molecule has 0 aliphatic carbocycles. The smallest absolute Gasteiger partial charge is 0.211 e. The summed E-state index contributed by atoms with van der Waals surface area (Å²) >= 11 is 0. The van der Waals surface area contributed by atoms with Crippen molar-refractivity contribution < 1.29 is 8.42 Å². The highest BCUT2D eigenvalue weighted by Gasteiger charge is 2.36. The zero-order valence-corrected chi connectivity index (χ0v) is 16.5. The summed E-state index contributed by atoms with van der Waals surface area (Å²) in [7, 11) is -1.18. The molecule has 0 amide bonds. The van der Waals surface area contributed by atoms with Crippen molar-refractivity contribution >= 4 is 16.0 Å². The van der Waals surface area contributed by atoms with Crippen LogP contribution in [0.15, 0.2) is 4.99 Å². The number of aliphatic imine (C=N–C) groups is 1. The van der Waals surface area contributed by atoms with Crippen LogP contribution in [0.2, 0.25) is 0 Å². The summed E-state index contributed by atoms with van der Waals surface area (Å²) < 4.78 is 24.8. The maximum Gasteiger partial charge on any atom is 0.211 e. The van der Waals surface area contributed by atoms with Gasteiger partial charge in [-0.1, -0.05) is 13.8 Å². The fourth-order valence-electron chi connectivity index (χ4n) is 3.96. The van der Waals surface area contributed by atoms with Crippen molar-refractivity contribution in [3.05, 3.63) is 0 Å². The van der Waals surface area contributed by atoms with Gasteiger partial charge in [0.2, 0.25) is 10.0 Å². The van der Waals surface area contributed by atoms with Crippen molar-refractivity contribution in [3.8, 4) is 0 Å². The van der Waals surface area contributed by atoms with Gasteiger partial charge >= 0.3 is 0 Å². The Bertz CT molecular complexity index is 535. The number of nitrogens with zero attached hydrogens (tertiary/aromatic N) is 3. The molecule has 2 aliphatic rings. The van der Waals surface area contributed by atoms with Gasteiger partial charge in [0.15, 0.2) is 5.96 Å². The molecule has 0 unspecified atom stereocenters. The Labute approximate surface area is 147 Å². The number of sulfonamides is 1. The van der Waals surface area contributed by atoms with E-state index in [0.717, 1.165) is 38.4 Å². The number of hydrogen-bond donors (Lipinski definition) is 1. The van der Waals surface area contributed by atoms with Crippen LogP contribution >= 0.6 is 0 Å². The molecule has 2 aliphatic heterocycles. The minimum atomic E-state index is -3.04. The second kappa shape index (κ2) is 8.04. The number of hydrogen-bond acceptors (Lipinski definition) is 3. The van der Waals surface area contributed by atoms with Crippen molar-refractivity contribution in [3.63, 3.8) is 0 Å². The van der Waals surface area contributed by atoms with Crippen molar-refractivity contribution in [2.24, 2.45) is 16.3 Å². The highest BCUT2D eigenvalue weighted by atomic mass is 32.2. The van der Waals surface area contributed by atoms with E-state index in [1.54, 1.807) is 4.31 Å². The largest absolute Gasteiger partial charge is 0.356 e. The van der Waals surface area contributed by atoms with E-state index >= 15 is 0 Å². The van der Waals surface area contributed by atoms with Gasteiger partial charge in [-0.15, -0.1) is 0 Å². The van der Waals surface area contributed by atoms with Crippen LogP contribution < -0.4 is 5.32 Å². The molecule has 0 atom stereocenters. The predicted molar refractivity (Wildman–Crippen MR) is 99.7 cm³/mol. The SMILES string of the molecule is CCC1(CC)CCN(C(=NC)NCC2CCN(S(C)(=O)=O)CC2)C1. The van der Waals surface area contributed by atoms with Crippen molar-refractivity contribution in [2.45, 2.75) is 46.0 Å². The fraction of sp³-hybridized carbons (Fsp3) is 0.941. The van der Waals surface area contributed by atoms with Crippen LogP contribution in [0, 0.1) is 11.3 Å². The van der Waals surface area contributed by atoms with Gasteiger partial charge in [-0.2, -0.15) is 0 Å². The van der Waals surface area contributed by atoms with E-state index in [1.807, 2.05) is 7.05 Å².